The molecule has 0 aliphatic carbocycles. The van der Waals surface area contributed by atoms with E-state index in [-0.39, 0.29) is 12.1 Å². The van der Waals surface area contributed by atoms with Crippen molar-refractivity contribution in [3.63, 3.8) is 0 Å². The highest BCUT2D eigenvalue weighted by Crippen LogP contribution is 2.15. The first kappa shape index (κ1) is 18.4. The molecule has 0 radical (unpaired) electrons. The Hall–Kier alpha value is -1.69. The Morgan fingerprint density at radius 2 is 2.00 bits per heavy atom. The van der Waals surface area contributed by atoms with E-state index in [1.54, 1.807) is 20.8 Å². The quantitative estimate of drug-likeness (QED) is 0.830. The highest BCUT2D eigenvalue weighted by atomic mass is 16.3. The van der Waals surface area contributed by atoms with Gasteiger partial charge in [-0.1, -0.05) is 13.8 Å². The molecule has 1 heterocycles. The van der Waals surface area contributed by atoms with Crippen molar-refractivity contribution in [3.8, 4) is 0 Å². The van der Waals surface area contributed by atoms with Crippen molar-refractivity contribution in [2.75, 3.05) is 6.54 Å². The molecule has 0 saturated heterocycles. The van der Waals surface area contributed by atoms with Crippen LogP contribution < -0.4 is 10.9 Å². The molecule has 0 fully saturated rings. The second-order valence-electron chi connectivity index (χ2n) is 6.63. The van der Waals surface area contributed by atoms with Gasteiger partial charge < -0.3 is 10.4 Å². The number of hydrogen-bond donors (Lipinski definition) is 2. The zero-order valence-electron chi connectivity index (χ0n) is 14.4. The van der Waals surface area contributed by atoms with Gasteiger partial charge >= 0.3 is 0 Å². The summed E-state index contributed by atoms with van der Waals surface area (Å²) in [5.41, 5.74) is -0.112. The van der Waals surface area contributed by atoms with Crippen LogP contribution in [-0.2, 0) is 7.05 Å². The topological polar surface area (TPSA) is 84.2 Å². The largest absolute Gasteiger partial charge is 0.388 e. The molecule has 0 aromatic carbocycles. The van der Waals surface area contributed by atoms with Crippen LogP contribution in [0, 0.1) is 19.8 Å². The molecule has 2 N–H and O–H groups in total. The van der Waals surface area contributed by atoms with E-state index < -0.39 is 17.1 Å². The van der Waals surface area contributed by atoms with Gasteiger partial charge in [0.15, 0.2) is 0 Å². The number of aliphatic hydroxyl groups is 1. The Morgan fingerprint density at radius 3 is 2.55 bits per heavy atom. The number of aromatic nitrogens is 2. The molecule has 1 atom stereocenters. The summed E-state index contributed by atoms with van der Waals surface area (Å²) in [7, 11) is 1.52. The predicted molar refractivity (Wildman–Crippen MR) is 86.0 cm³/mol. The SMILES string of the molecule is Cc1nn(C)c(=O)c(C(=O)NCC(C)(O)CCC(C)C)c1C. The van der Waals surface area contributed by atoms with Crippen LogP contribution in [0.15, 0.2) is 4.79 Å². The Morgan fingerprint density at radius 1 is 1.41 bits per heavy atom. The maximum atomic E-state index is 12.3. The van der Waals surface area contributed by atoms with Gasteiger partial charge in [0.25, 0.3) is 11.5 Å². The zero-order valence-corrected chi connectivity index (χ0v) is 14.4. The molecule has 0 spiro atoms. The Kier molecular flexibility index (Phi) is 5.88. The average molecular weight is 309 g/mol. The van der Waals surface area contributed by atoms with Gasteiger partial charge in [-0.05, 0) is 45.1 Å². The van der Waals surface area contributed by atoms with Crippen molar-refractivity contribution >= 4 is 5.91 Å². The standard InChI is InChI=1S/C16H27N3O3/c1-10(2)7-8-16(5,22)9-17-14(20)13-11(3)12(4)18-19(6)15(13)21/h10,22H,7-9H2,1-6H3,(H,17,20). The third-order valence-electron chi connectivity index (χ3n) is 3.84. The number of amides is 1. The van der Waals surface area contributed by atoms with Crippen LogP contribution in [0.2, 0.25) is 0 Å². The number of rotatable bonds is 6. The molecular weight excluding hydrogens is 282 g/mol. The summed E-state index contributed by atoms with van der Waals surface area (Å²) in [5, 5.41) is 17.0. The Labute approximate surface area is 131 Å². The molecule has 22 heavy (non-hydrogen) atoms. The van der Waals surface area contributed by atoms with Crippen molar-refractivity contribution in [3.05, 3.63) is 27.2 Å². The molecule has 1 aromatic heterocycles. The van der Waals surface area contributed by atoms with E-state index in [9.17, 15) is 14.7 Å². The fraction of sp³-hybridized carbons (Fsp3) is 0.688. The molecule has 1 aromatic rings. The predicted octanol–water partition coefficient (Wildman–Crippen LogP) is 1.31. The van der Waals surface area contributed by atoms with Crippen LogP contribution in [-0.4, -0.2) is 32.9 Å². The molecule has 1 amide bonds. The number of hydrogen-bond acceptors (Lipinski definition) is 4. The summed E-state index contributed by atoms with van der Waals surface area (Å²) >= 11 is 0. The lowest BCUT2D eigenvalue weighted by Crippen LogP contribution is -2.43. The fourth-order valence-corrected chi connectivity index (χ4v) is 2.16. The molecule has 0 bridgehead atoms. The van der Waals surface area contributed by atoms with Crippen molar-refractivity contribution < 1.29 is 9.90 Å². The zero-order chi connectivity index (χ0) is 17.1. The lowest BCUT2D eigenvalue weighted by molar-refractivity contribution is 0.0428. The third-order valence-corrected chi connectivity index (χ3v) is 3.84. The molecule has 0 aliphatic heterocycles. The number of carbonyl (C=O) groups is 1. The molecular formula is C16H27N3O3. The maximum Gasteiger partial charge on any atom is 0.279 e. The van der Waals surface area contributed by atoms with Crippen LogP contribution in [0.5, 0.6) is 0 Å². The minimum Gasteiger partial charge on any atom is -0.388 e. The summed E-state index contributed by atoms with van der Waals surface area (Å²) in [6.45, 7) is 9.43. The second-order valence-corrected chi connectivity index (χ2v) is 6.63. The lowest BCUT2D eigenvalue weighted by Gasteiger charge is -2.24. The average Bonchev–Trinajstić information content (AvgIpc) is 2.41. The molecule has 124 valence electrons. The van der Waals surface area contributed by atoms with Crippen molar-refractivity contribution in [1.29, 1.82) is 0 Å². The molecule has 0 aliphatic rings. The van der Waals surface area contributed by atoms with Crippen LogP contribution in [0.1, 0.15) is 55.2 Å². The summed E-state index contributed by atoms with van der Waals surface area (Å²) < 4.78 is 1.16. The third kappa shape index (κ3) is 4.66. The van der Waals surface area contributed by atoms with Crippen molar-refractivity contribution in [1.82, 2.24) is 15.1 Å². The maximum absolute atomic E-state index is 12.3. The van der Waals surface area contributed by atoms with Crippen molar-refractivity contribution in [2.24, 2.45) is 13.0 Å². The van der Waals surface area contributed by atoms with Gasteiger partial charge in [0.1, 0.15) is 5.56 Å². The molecule has 1 rings (SSSR count). The first-order valence-electron chi connectivity index (χ1n) is 7.60. The highest BCUT2D eigenvalue weighted by Gasteiger charge is 2.24. The molecule has 0 saturated carbocycles. The molecule has 1 unspecified atom stereocenters. The van der Waals surface area contributed by atoms with Gasteiger partial charge in [-0.3, -0.25) is 9.59 Å². The van der Waals surface area contributed by atoms with Gasteiger partial charge in [-0.2, -0.15) is 5.10 Å². The minimum absolute atomic E-state index is 0.0923. The molecule has 6 nitrogen and oxygen atoms in total. The Balaban J connectivity index is 2.85. The summed E-state index contributed by atoms with van der Waals surface area (Å²) in [4.78, 5) is 24.4. The minimum atomic E-state index is -0.985. The number of nitrogens with one attached hydrogen (secondary N) is 1. The summed E-state index contributed by atoms with van der Waals surface area (Å²) in [5.74, 6) is 0.0213. The van der Waals surface area contributed by atoms with Crippen LogP contribution in [0.25, 0.3) is 0 Å². The van der Waals surface area contributed by atoms with Crippen molar-refractivity contribution in [2.45, 2.75) is 53.1 Å². The second kappa shape index (κ2) is 7.05. The molecule has 6 heteroatoms. The van der Waals surface area contributed by atoms with E-state index in [2.05, 4.69) is 24.3 Å². The van der Waals surface area contributed by atoms with E-state index in [1.807, 2.05) is 0 Å². The number of aryl methyl sites for hydroxylation is 2. The first-order chi connectivity index (χ1) is 10.0. The Bertz CT molecular complexity index is 603. The van der Waals surface area contributed by atoms with Gasteiger partial charge in [0, 0.05) is 13.6 Å². The van der Waals surface area contributed by atoms with Gasteiger partial charge in [0.2, 0.25) is 0 Å². The van der Waals surface area contributed by atoms with E-state index in [0.29, 0.717) is 23.6 Å². The van der Waals surface area contributed by atoms with Crippen LogP contribution >= 0.6 is 0 Å². The van der Waals surface area contributed by atoms with Crippen LogP contribution in [0.3, 0.4) is 0 Å². The number of carbonyl (C=O) groups excluding carboxylic acids is 1. The normalized spacial score (nSPS) is 14.0. The van der Waals surface area contributed by atoms with E-state index in [1.165, 1.54) is 7.05 Å². The highest BCUT2D eigenvalue weighted by molar-refractivity contribution is 5.95. The smallest absolute Gasteiger partial charge is 0.279 e. The van der Waals surface area contributed by atoms with Gasteiger partial charge in [0.05, 0.1) is 11.3 Å². The van der Waals surface area contributed by atoms with E-state index in [0.717, 1.165) is 11.1 Å². The fourth-order valence-electron chi connectivity index (χ4n) is 2.16. The summed E-state index contributed by atoms with van der Waals surface area (Å²) in [6.07, 6.45) is 1.47. The van der Waals surface area contributed by atoms with E-state index in [4.69, 9.17) is 0 Å². The van der Waals surface area contributed by atoms with E-state index >= 15 is 0 Å². The van der Waals surface area contributed by atoms with Gasteiger partial charge in [-0.25, -0.2) is 4.68 Å². The van der Waals surface area contributed by atoms with Gasteiger partial charge in [-0.15, -0.1) is 0 Å². The number of nitrogens with zero attached hydrogens (tertiary/aromatic N) is 2. The van der Waals surface area contributed by atoms with Crippen LogP contribution in [0.4, 0.5) is 0 Å². The monoisotopic (exact) mass is 309 g/mol. The first-order valence-corrected chi connectivity index (χ1v) is 7.60. The lowest BCUT2D eigenvalue weighted by atomic mass is 9.95. The summed E-state index contributed by atoms with van der Waals surface area (Å²) in [6, 6.07) is 0.